The predicted molar refractivity (Wildman–Crippen MR) is 79.4 cm³/mol. The Balaban J connectivity index is 4.76. The van der Waals surface area contributed by atoms with E-state index in [0.717, 1.165) is 25.7 Å². The fourth-order valence-electron chi connectivity index (χ4n) is 2.21. The summed E-state index contributed by atoms with van der Waals surface area (Å²) in [5.74, 6) is -0.563. The van der Waals surface area contributed by atoms with Gasteiger partial charge in [0.1, 0.15) is 12.6 Å². The summed E-state index contributed by atoms with van der Waals surface area (Å²) in [5, 5.41) is 0. The number of rotatable bonds is 11. The number of carbonyl (C=O) groups is 1. The van der Waals surface area contributed by atoms with Gasteiger partial charge in [0, 0.05) is 12.5 Å². The zero-order valence-electron chi connectivity index (χ0n) is 13.0. The third kappa shape index (κ3) is 8.34. The second-order valence-electron chi connectivity index (χ2n) is 4.85. The molecule has 1 atom stereocenters. The largest absolute Gasteiger partial charge is 0.470 e. The number of phosphoric acid groups is 1. The fraction of sp³-hybridized carbons (Fsp3) is 0.769. The molecule has 0 aromatic heterocycles. The zero-order chi connectivity index (χ0) is 16.5. The molecule has 0 saturated heterocycles. The molecular weight excluding hydrogens is 297 g/mol. The molecule has 1 unspecified atom stereocenters. The van der Waals surface area contributed by atoms with E-state index in [9.17, 15) is 9.36 Å². The van der Waals surface area contributed by atoms with Gasteiger partial charge >= 0.3 is 13.8 Å². The molecule has 0 aliphatic rings. The molecule has 0 saturated carbocycles. The summed E-state index contributed by atoms with van der Waals surface area (Å²) in [5.41, 5.74) is 0. The molecule has 2 N–H and O–H groups in total. The summed E-state index contributed by atoms with van der Waals surface area (Å²) in [6.07, 6.45) is 0.594. The Morgan fingerprint density at radius 2 is 1.81 bits per heavy atom. The quantitative estimate of drug-likeness (QED) is 0.259. The van der Waals surface area contributed by atoms with Crippen molar-refractivity contribution in [3.8, 4) is 0 Å². The average molecular weight is 324 g/mol. The second kappa shape index (κ2) is 9.33. The lowest BCUT2D eigenvalue weighted by Gasteiger charge is -2.38. The van der Waals surface area contributed by atoms with E-state index >= 15 is 0 Å². The summed E-state index contributed by atoms with van der Waals surface area (Å²) < 4.78 is 21.5. The second-order valence-corrected chi connectivity index (χ2v) is 6.04. The van der Waals surface area contributed by atoms with Crippen LogP contribution in [0.25, 0.3) is 0 Å². The number of hydrogen-bond acceptors (Lipinski definition) is 4. The summed E-state index contributed by atoms with van der Waals surface area (Å²) >= 11 is 0. The van der Waals surface area contributed by atoms with Gasteiger partial charge in [-0.15, -0.1) is 0 Å². The van der Waals surface area contributed by atoms with Gasteiger partial charge in [0.2, 0.25) is 0 Å². The Morgan fingerprint density at radius 1 is 1.29 bits per heavy atom. The van der Waals surface area contributed by atoms with E-state index in [-0.39, 0.29) is 13.0 Å². The van der Waals surface area contributed by atoms with Crippen molar-refractivity contribution in [2.75, 3.05) is 32.8 Å². The van der Waals surface area contributed by atoms with Gasteiger partial charge in [0.15, 0.2) is 0 Å². The van der Waals surface area contributed by atoms with Crippen LogP contribution in [0, 0.1) is 0 Å². The Bertz CT molecular complexity index is 369. The van der Waals surface area contributed by atoms with Crippen molar-refractivity contribution in [1.29, 1.82) is 0 Å². The molecule has 0 spiro atoms. The molecule has 0 heterocycles. The summed E-state index contributed by atoms with van der Waals surface area (Å²) in [6, 6.07) is 0. The summed E-state index contributed by atoms with van der Waals surface area (Å²) in [4.78, 5) is 29.0. The average Bonchev–Trinajstić information content (AvgIpc) is 2.42. The minimum absolute atomic E-state index is 0.0344. The molecule has 0 radical (unpaired) electrons. The molecule has 0 aliphatic carbocycles. The van der Waals surface area contributed by atoms with Gasteiger partial charge in [-0.25, -0.2) is 9.36 Å². The predicted octanol–water partition coefficient (Wildman–Crippen LogP) is 1.46. The minimum atomic E-state index is -4.58. The van der Waals surface area contributed by atoms with Crippen molar-refractivity contribution in [2.24, 2.45) is 0 Å². The van der Waals surface area contributed by atoms with Crippen LogP contribution in [0.3, 0.4) is 0 Å². The maximum Gasteiger partial charge on any atom is 0.470 e. The van der Waals surface area contributed by atoms with E-state index in [1.54, 1.807) is 0 Å². The van der Waals surface area contributed by atoms with Crippen LogP contribution in [0.4, 0.5) is 0 Å². The highest BCUT2D eigenvalue weighted by molar-refractivity contribution is 7.46. The number of esters is 1. The molecule has 0 aromatic rings. The monoisotopic (exact) mass is 324 g/mol. The van der Waals surface area contributed by atoms with Crippen molar-refractivity contribution in [1.82, 2.24) is 0 Å². The Labute approximate surface area is 126 Å². The normalized spacial score (nSPS) is 13.8. The van der Waals surface area contributed by atoms with Crippen LogP contribution < -0.4 is 0 Å². The van der Waals surface area contributed by atoms with E-state index in [0.29, 0.717) is 11.0 Å². The van der Waals surface area contributed by atoms with Gasteiger partial charge in [-0.1, -0.05) is 6.58 Å². The molecule has 8 heteroatoms. The number of likely N-dealkylation sites (N-methyl/N-ethyl adjacent to an activating group) is 1. The van der Waals surface area contributed by atoms with Crippen molar-refractivity contribution in [3.05, 3.63) is 12.7 Å². The van der Waals surface area contributed by atoms with Crippen LogP contribution in [0.2, 0.25) is 0 Å². The number of hydrogen-bond donors (Lipinski definition) is 2. The van der Waals surface area contributed by atoms with Crippen LogP contribution in [-0.2, 0) is 18.6 Å². The molecule has 0 bridgehead atoms. The highest BCUT2D eigenvalue weighted by atomic mass is 31.2. The molecular formula is C13H27NO6P+. The Morgan fingerprint density at radius 3 is 2.19 bits per heavy atom. The van der Waals surface area contributed by atoms with Gasteiger partial charge in [-0.2, -0.15) is 0 Å². The first-order valence-electron chi connectivity index (χ1n) is 7.10. The summed E-state index contributed by atoms with van der Waals surface area (Å²) in [6.45, 7) is 12.4. The van der Waals surface area contributed by atoms with E-state index in [1.165, 1.54) is 0 Å². The van der Waals surface area contributed by atoms with Crippen LogP contribution in [-0.4, -0.2) is 59.1 Å². The molecule has 0 amide bonds. The van der Waals surface area contributed by atoms with Gasteiger partial charge in [0.05, 0.1) is 26.2 Å². The fourth-order valence-corrected chi connectivity index (χ4v) is 2.77. The van der Waals surface area contributed by atoms with Gasteiger partial charge < -0.3 is 19.0 Å². The molecule has 124 valence electrons. The zero-order valence-corrected chi connectivity index (χ0v) is 13.9. The maximum absolute atomic E-state index is 11.1. The number of ether oxygens (including phenoxy) is 1. The molecule has 21 heavy (non-hydrogen) atoms. The highest BCUT2D eigenvalue weighted by Crippen LogP contribution is 2.38. The Kier molecular flexibility index (Phi) is 9.01. The minimum Gasteiger partial charge on any atom is -0.462 e. The number of quaternary nitrogens is 1. The maximum atomic E-state index is 11.1. The highest BCUT2D eigenvalue weighted by Gasteiger charge is 2.31. The van der Waals surface area contributed by atoms with Crippen molar-refractivity contribution < 1.29 is 32.9 Å². The lowest BCUT2D eigenvalue weighted by molar-refractivity contribution is -0.925. The lowest BCUT2D eigenvalue weighted by Crippen LogP contribution is -2.52. The number of nitrogens with zero attached hydrogens (tertiary/aromatic N) is 1. The smallest absolute Gasteiger partial charge is 0.462 e. The van der Waals surface area contributed by atoms with Crippen LogP contribution >= 0.6 is 7.82 Å². The number of phosphoric ester groups is 1. The van der Waals surface area contributed by atoms with Gasteiger partial charge in [-0.3, -0.25) is 4.52 Å². The third-order valence-corrected chi connectivity index (χ3v) is 4.31. The standard InChI is InChI=1S/C13H26NO6P/c1-5-13(15)19-10-9-12(20-21(16,17)18)11-14(6-2,7-3)8-4/h5,12H,1,6-11H2,2-4H3,(H-,16,17,18)/p+1. The van der Waals surface area contributed by atoms with Crippen molar-refractivity contribution in [2.45, 2.75) is 33.3 Å². The first kappa shape index (κ1) is 20.3. The molecule has 0 fully saturated rings. The van der Waals surface area contributed by atoms with Crippen LogP contribution in [0.1, 0.15) is 27.2 Å². The van der Waals surface area contributed by atoms with Gasteiger partial charge in [-0.05, 0) is 20.8 Å². The first-order chi connectivity index (χ1) is 9.71. The van der Waals surface area contributed by atoms with Crippen LogP contribution in [0.5, 0.6) is 0 Å². The van der Waals surface area contributed by atoms with E-state index < -0.39 is 19.9 Å². The molecule has 0 rings (SSSR count). The van der Waals surface area contributed by atoms with E-state index in [2.05, 4.69) is 6.58 Å². The van der Waals surface area contributed by atoms with Gasteiger partial charge in [0.25, 0.3) is 0 Å². The Hall–Kier alpha value is -0.720. The lowest BCUT2D eigenvalue weighted by atomic mass is 10.2. The van der Waals surface area contributed by atoms with E-state index in [4.69, 9.17) is 19.0 Å². The van der Waals surface area contributed by atoms with Crippen molar-refractivity contribution >= 4 is 13.8 Å². The van der Waals surface area contributed by atoms with E-state index in [1.807, 2.05) is 20.8 Å². The molecule has 0 aromatic carbocycles. The number of carbonyl (C=O) groups excluding carboxylic acids is 1. The summed E-state index contributed by atoms with van der Waals surface area (Å²) in [7, 11) is -4.58. The first-order valence-corrected chi connectivity index (χ1v) is 8.63. The third-order valence-electron chi connectivity index (χ3n) is 3.74. The topological polar surface area (TPSA) is 93.1 Å². The van der Waals surface area contributed by atoms with Crippen LogP contribution in [0.15, 0.2) is 12.7 Å². The molecule has 0 aliphatic heterocycles. The molecule has 7 nitrogen and oxygen atoms in total. The van der Waals surface area contributed by atoms with Crippen molar-refractivity contribution in [3.63, 3.8) is 0 Å². The SMILES string of the molecule is C=CC(=O)OCCC(C[N+](CC)(CC)CC)OP(=O)(O)O.